The van der Waals surface area contributed by atoms with E-state index in [1.807, 2.05) is 6.92 Å². The van der Waals surface area contributed by atoms with Crippen molar-refractivity contribution in [1.82, 2.24) is 9.97 Å². The lowest BCUT2D eigenvalue weighted by Crippen LogP contribution is -2.32. The van der Waals surface area contributed by atoms with Gasteiger partial charge in [0.2, 0.25) is 5.95 Å². The highest BCUT2D eigenvalue weighted by Crippen LogP contribution is 2.24. The Labute approximate surface area is 109 Å². The van der Waals surface area contributed by atoms with Crippen LogP contribution in [0.15, 0.2) is 6.20 Å². The van der Waals surface area contributed by atoms with Crippen molar-refractivity contribution in [2.24, 2.45) is 0 Å². The molecular weight excluding hydrogens is 266 g/mol. The normalized spacial score (nSPS) is 10.8. The molecule has 0 unspecified atom stereocenters. The number of aliphatic hydroxyl groups is 1. The molecule has 102 valence electrons. The van der Waals surface area contributed by atoms with Gasteiger partial charge in [-0.25, -0.2) is 13.8 Å². The van der Waals surface area contributed by atoms with Crippen molar-refractivity contribution in [3.63, 3.8) is 0 Å². The molecule has 8 heteroatoms. The predicted molar refractivity (Wildman–Crippen MR) is 66.5 cm³/mol. The van der Waals surface area contributed by atoms with Crippen molar-refractivity contribution in [3.8, 4) is 0 Å². The summed E-state index contributed by atoms with van der Waals surface area (Å²) in [7, 11) is 0. The summed E-state index contributed by atoms with van der Waals surface area (Å²) < 4.78 is 24.9. The summed E-state index contributed by atoms with van der Waals surface area (Å²) in [4.78, 5) is 9.21. The second-order valence-electron chi connectivity index (χ2n) is 3.46. The van der Waals surface area contributed by atoms with E-state index in [1.54, 1.807) is 0 Å². The van der Waals surface area contributed by atoms with Crippen LogP contribution in [0.5, 0.6) is 0 Å². The summed E-state index contributed by atoms with van der Waals surface area (Å²) in [5.41, 5.74) is 0. The molecule has 0 amide bonds. The molecule has 0 atom stereocenters. The number of rotatable bonds is 7. The van der Waals surface area contributed by atoms with Gasteiger partial charge in [0.1, 0.15) is 5.02 Å². The van der Waals surface area contributed by atoms with Gasteiger partial charge in [0.05, 0.1) is 19.3 Å². The van der Waals surface area contributed by atoms with Gasteiger partial charge in [0.15, 0.2) is 5.82 Å². The second-order valence-corrected chi connectivity index (χ2v) is 3.86. The number of nitrogens with zero attached hydrogens (tertiary/aromatic N) is 3. The minimum absolute atomic E-state index is 0.0344. The molecule has 0 saturated carbocycles. The summed E-state index contributed by atoms with van der Waals surface area (Å²) in [5.74, 6) is 0.506. The molecule has 1 heterocycles. The Kier molecular flexibility index (Phi) is 6.00. The summed E-state index contributed by atoms with van der Waals surface area (Å²) in [6.07, 6.45) is -1.19. The molecule has 18 heavy (non-hydrogen) atoms. The van der Waals surface area contributed by atoms with E-state index in [0.717, 1.165) is 0 Å². The fourth-order valence-electron chi connectivity index (χ4n) is 1.39. The van der Waals surface area contributed by atoms with Crippen LogP contribution in [0.25, 0.3) is 0 Å². The number of nitrogens with one attached hydrogen (secondary N) is 1. The van der Waals surface area contributed by atoms with E-state index in [9.17, 15) is 8.78 Å². The standard InChI is InChI=1S/C10H15ClF2N4O/c1-2-14-10-15-5-7(11)9(16-10)17(3-4-18)6-8(12)13/h5,8,18H,2-4,6H2,1H3,(H,14,15,16). The molecule has 0 bridgehead atoms. The van der Waals surface area contributed by atoms with Crippen molar-refractivity contribution in [2.75, 3.05) is 36.5 Å². The minimum atomic E-state index is -2.54. The zero-order chi connectivity index (χ0) is 13.5. The lowest BCUT2D eigenvalue weighted by Gasteiger charge is -2.23. The molecule has 0 aromatic carbocycles. The van der Waals surface area contributed by atoms with Crippen molar-refractivity contribution in [2.45, 2.75) is 13.3 Å². The summed E-state index contributed by atoms with van der Waals surface area (Å²) in [6, 6.07) is 0. The number of halogens is 3. The third-order valence-electron chi connectivity index (χ3n) is 2.09. The van der Waals surface area contributed by atoms with E-state index >= 15 is 0 Å². The van der Waals surface area contributed by atoms with Gasteiger partial charge in [-0.05, 0) is 6.92 Å². The van der Waals surface area contributed by atoms with Crippen LogP contribution < -0.4 is 10.2 Å². The van der Waals surface area contributed by atoms with Crippen LogP contribution >= 0.6 is 11.6 Å². The molecule has 1 aromatic heterocycles. The number of alkyl halides is 2. The Hall–Kier alpha value is -1.21. The van der Waals surface area contributed by atoms with Gasteiger partial charge in [0, 0.05) is 13.1 Å². The Bertz CT molecular complexity index is 381. The molecule has 0 fully saturated rings. The molecule has 0 radical (unpaired) electrons. The van der Waals surface area contributed by atoms with E-state index in [2.05, 4.69) is 15.3 Å². The highest BCUT2D eigenvalue weighted by molar-refractivity contribution is 6.32. The lowest BCUT2D eigenvalue weighted by molar-refractivity contribution is 0.152. The Morgan fingerprint density at radius 3 is 2.83 bits per heavy atom. The van der Waals surface area contributed by atoms with Gasteiger partial charge in [-0.1, -0.05) is 11.6 Å². The predicted octanol–water partition coefficient (Wildman–Crippen LogP) is 1.63. The quantitative estimate of drug-likeness (QED) is 0.795. The van der Waals surface area contributed by atoms with Crippen LogP contribution in [0.3, 0.4) is 0 Å². The van der Waals surface area contributed by atoms with Gasteiger partial charge in [-0.15, -0.1) is 0 Å². The zero-order valence-electron chi connectivity index (χ0n) is 9.91. The van der Waals surface area contributed by atoms with Crippen molar-refractivity contribution in [3.05, 3.63) is 11.2 Å². The van der Waals surface area contributed by atoms with Crippen LogP contribution in [-0.2, 0) is 0 Å². The van der Waals surface area contributed by atoms with Crippen LogP contribution in [0.4, 0.5) is 20.5 Å². The summed E-state index contributed by atoms with van der Waals surface area (Å²) in [6.45, 7) is 1.71. The zero-order valence-corrected chi connectivity index (χ0v) is 10.7. The number of hydrogen-bond donors (Lipinski definition) is 2. The van der Waals surface area contributed by atoms with Gasteiger partial charge >= 0.3 is 0 Å². The van der Waals surface area contributed by atoms with E-state index in [1.165, 1.54) is 11.1 Å². The number of hydrogen-bond acceptors (Lipinski definition) is 5. The first-order valence-electron chi connectivity index (χ1n) is 5.48. The highest BCUT2D eigenvalue weighted by Gasteiger charge is 2.17. The SMILES string of the molecule is CCNc1ncc(Cl)c(N(CCO)CC(F)F)n1. The average Bonchev–Trinajstić information content (AvgIpc) is 2.31. The van der Waals surface area contributed by atoms with Crippen molar-refractivity contribution < 1.29 is 13.9 Å². The van der Waals surface area contributed by atoms with Crippen molar-refractivity contribution in [1.29, 1.82) is 0 Å². The van der Waals surface area contributed by atoms with E-state index in [0.29, 0.717) is 12.5 Å². The lowest BCUT2D eigenvalue weighted by atomic mass is 10.4. The molecule has 0 aliphatic heterocycles. The maximum absolute atomic E-state index is 12.4. The maximum Gasteiger partial charge on any atom is 0.255 e. The van der Waals surface area contributed by atoms with Crippen LogP contribution in [0.1, 0.15) is 6.92 Å². The maximum atomic E-state index is 12.4. The van der Waals surface area contributed by atoms with Crippen LogP contribution in [-0.4, -0.2) is 47.7 Å². The van der Waals surface area contributed by atoms with E-state index in [-0.39, 0.29) is 24.0 Å². The molecule has 1 rings (SSSR count). The molecular formula is C10H15ClF2N4O. The van der Waals surface area contributed by atoms with Gasteiger partial charge < -0.3 is 15.3 Å². The average molecular weight is 281 g/mol. The molecule has 0 saturated heterocycles. The van der Waals surface area contributed by atoms with Crippen molar-refractivity contribution >= 4 is 23.4 Å². The van der Waals surface area contributed by atoms with Gasteiger partial charge in [-0.2, -0.15) is 4.98 Å². The second kappa shape index (κ2) is 7.27. The third kappa shape index (κ3) is 4.23. The molecule has 0 aliphatic carbocycles. The summed E-state index contributed by atoms with van der Waals surface area (Å²) in [5, 5.41) is 11.9. The van der Waals surface area contributed by atoms with Gasteiger partial charge in [0.25, 0.3) is 6.43 Å². The number of aromatic nitrogens is 2. The molecule has 0 aliphatic rings. The van der Waals surface area contributed by atoms with E-state index in [4.69, 9.17) is 16.7 Å². The molecule has 1 aromatic rings. The fraction of sp³-hybridized carbons (Fsp3) is 0.600. The fourth-order valence-corrected chi connectivity index (χ4v) is 1.60. The van der Waals surface area contributed by atoms with Gasteiger partial charge in [-0.3, -0.25) is 0 Å². The highest BCUT2D eigenvalue weighted by atomic mass is 35.5. The Balaban J connectivity index is 2.97. The van der Waals surface area contributed by atoms with Crippen LogP contribution in [0.2, 0.25) is 5.02 Å². The first kappa shape index (κ1) is 14.8. The topological polar surface area (TPSA) is 61.3 Å². The molecule has 2 N–H and O–H groups in total. The Morgan fingerprint density at radius 1 is 1.56 bits per heavy atom. The molecule has 0 spiro atoms. The number of anilines is 2. The minimum Gasteiger partial charge on any atom is -0.395 e. The molecule has 5 nitrogen and oxygen atoms in total. The number of aliphatic hydroxyl groups excluding tert-OH is 1. The monoisotopic (exact) mass is 280 g/mol. The summed E-state index contributed by atoms with van der Waals surface area (Å²) >= 11 is 5.89. The Morgan fingerprint density at radius 2 is 2.28 bits per heavy atom. The van der Waals surface area contributed by atoms with E-state index < -0.39 is 13.0 Å². The van der Waals surface area contributed by atoms with Crippen LogP contribution in [0, 0.1) is 0 Å². The first-order chi connectivity index (χ1) is 8.58. The third-order valence-corrected chi connectivity index (χ3v) is 2.35. The first-order valence-corrected chi connectivity index (χ1v) is 5.86. The smallest absolute Gasteiger partial charge is 0.255 e. The largest absolute Gasteiger partial charge is 0.395 e.